The number of H-pyrrole nitrogens is 1. The van der Waals surface area contributed by atoms with Crippen molar-refractivity contribution in [2.75, 3.05) is 0 Å². The molecule has 1 heterocycles. The zero-order valence-corrected chi connectivity index (χ0v) is 9.31. The van der Waals surface area contributed by atoms with E-state index in [4.69, 9.17) is 0 Å². The van der Waals surface area contributed by atoms with Crippen molar-refractivity contribution in [2.45, 2.75) is 13.3 Å². The van der Waals surface area contributed by atoms with E-state index in [2.05, 4.69) is 11.6 Å². The van der Waals surface area contributed by atoms with Crippen LogP contribution in [0.3, 0.4) is 0 Å². The monoisotopic (exact) mass is 235 g/mol. The molecule has 17 heavy (non-hydrogen) atoms. The van der Waals surface area contributed by atoms with Crippen LogP contribution in [0, 0.1) is 11.6 Å². The van der Waals surface area contributed by atoms with Crippen LogP contribution in [0.4, 0.5) is 8.78 Å². The summed E-state index contributed by atoms with van der Waals surface area (Å²) in [6.07, 6.45) is 1.79. The van der Waals surface area contributed by atoms with Crippen molar-refractivity contribution < 1.29 is 8.78 Å². The summed E-state index contributed by atoms with van der Waals surface area (Å²) >= 11 is 0. The molecular formula is C13H11F2NO. The molecule has 88 valence electrons. The molecule has 0 aliphatic rings. The van der Waals surface area contributed by atoms with Crippen LogP contribution >= 0.6 is 0 Å². The van der Waals surface area contributed by atoms with Gasteiger partial charge in [0.15, 0.2) is 11.6 Å². The number of benzene rings is 1. The fraction of sp³-hybridized carbons (Fsp3) is 0.154. The lowest BCUT2D eigenvalue weighted by molar-refractivity contribution is 0.509. The lowest BCUT2D eigenvalue weighted by Gasteiger charge is -2.09. The predicted octanol–water partition coefficient (Wildman–Crippen LogP) is 3.01. The molecule has 0 radical (unpaired) electrons. The standard InChI is InChI=1S/C13H11F2NO/c1-3-8-12-7(5-9(14)13(8)15)6-11(17)16-10(12)4-2/h3,5-6H,1,4H2,2H3,(H,16,17). The number of nitrogens with one attached hydrogen (secondary N) is 1. The molecule has 0 aliphatic heterocycles. The Bertz CT molecular complexity index is 658. The first kappa shape index (κ1) is 11.5. The van der Waals surface area contributed by atoms with Crippen LogP contribution in [0.25, 0.3) is 16.8 Å². The maximum absolute atomic E-state index is 13.6. The molecule has 1 N–H and O–H groups in total. The molecule has 2 aromatic rings. The number of hydrogen-bond acceptors (Lipinski definition) is 1. The minimum Gasteiger partial charge on any atom is -0.326 e. The van der Waals surface area contributed by atoms with Gasteiger partial charge in [-0.2, -0.15) is 0 Å². The first-order valence-corrected chi connectivity index (χ1v) is 5.24. The molecule has 4 heteroatoms. The van der Waals surface area contributed by atoms with Crippen LogP contribution < -0.4 is 5.56 Å². The van der Waals surface area contributed by atoms with Gasteiger partial charge in [-0.1, -0.05) is 19.6 Å². The van der Waals surface area contributed by atoms with Crippen molar-refractivity contribution in [1.82, 2.24) is 4.98 Å². The summed E-state index contributed by atoms with van der Waals surface area (Å²) in [6.45, 7) is 5.31. The zero-order valence-electron chi connectivity index (χ0n) is 9.31. The van der Waals surface area contributed by atoms with E-state index < -0.39 is 11.6 Å². The molecular weight excluding hydrogens is 224 g/mol. The van der Waals surface area contributed by atoms with Gasteiger partial charge in [-0.25, -0.2) is 8.78 Å². The van der Waals surface area contributed by atoms with Gasteiger partial charge >= 0.3 is 0 Å². The molecule has 2 rings (SSSR count). The molecule has 1 aromatic heterocycles. The van der Waals surface area contributed by atoms with E-state index >= 15 is 0 Å². The molecule has 2 nitrogen and oxygen atoms in total. The van der Waals surface area contributed by atoms with Gasteiger partial charge in [0.25, 0.3) is 0 Å². The molecule has 0 amide bonds. The third-order valence-corrected chi connectivity index (χ3v) is 2.71. The third kappa shape index (κ3) is 1.75. The zero-order chi connectivity index (χ0) is 12.6. The normalized spacial score (nSPS) is 10.8. The molecule has 0 saturated heterocycles. The van der Waals surface area contributed by atoms with Crippen molar-refractivity contribution in [1.29, 1.82) is 0 Å². The van der Waals surface area contributed by atoms with Gasteiger partial charge < -0.3 is 4.98 Å². The largest absolute Gasteiger partial charge is 0.326 e. The number of pyridine rings is 1. The number of fused-ring (bicyclic) bond motifs is 1. The van der Waals surface area contributed by atoms with Gasteiger partial charge in [-0.3, -0.25) is 4.79 Å². The summed E-state index contributed by atoms with van der Waals surface area (Å²) < 4.78 is 26.9. The number of halogens is 2. The smallest absolute Gasteiger partial charge is 0.248 e. The van der Waals surface area contributed by atoms with Crippen LogP contribution in [0.15, 0.2) is 23.5 Å². The maximum atomic E-state index is 13.6. The minimum atomic E-state index is -0.972. The van der Waals surface area contributed by atoms with Gasteiger partial charge in [0.05, 0.1) is 0 Å². The highest BCUT2D eigenvalue weighted by Gasteiger charge is 2.14. The number of aromatic amines is 1. The Kier molecular flexibility index (Phi) is 2.79. The Hall–Kier alpha value is -1.97. The van der Waals surface area contributed by atoms with Gasteiger partial charge in [0.2, 0.25) is 5.56 Å². The molecule has 0 atom stereocenters. The van der Waals surface area contributed by atoms with E-state index in [-0.39, 0.29) is 11.1 Å². The van der Waals surface area contributed by atoms with E-state index in [1.165, 1.54) is 12.1 Å². The first-order valence-electron chi connectivity index (χ1n) is 5.24. The number of aromatic nitrogens is 1. The van der Waals surface area contributed by atoms with Gasteiger partial charge in [-0.15, -0.1) is 0 Å². The molecule has 0 fully saturated rings. The average Bonchev–Trinajstić information content (AvgIpc) is 2.30. The second-order valence-electron chi connectivity index (χ2n) is 3.72. The quantitative estimate of drug-likeness (QED) is 0.852. The van der Waals surface area contributed by atoms with Gasteiger partial charge in [0.1, 0.15) is 0 Å². The fourth-order valence-corrected chi connectivity index (χ4v) is 1.96. The fourth-order valence-electron chi connectivity index (χ4n) is 1.96. The highest BCUT2D eigenvalue weighted by atomic mass is 19.2. The number of rotatable bonds is 2. The van der Waals surface area contributed by atoms with E-state index in [0.717, 1.165) is 6.07 Å². The molecule has 0 aliphatic carbocycles. The van der Waals surface area contributed by atoms with Gasteiger partial charge in [0, 0.05) is 22.7 Å². The van der Waals surface area contributed by atoms with Crippen molar-refractivity contribution in [3.8, 4) is 0 Å². The number of hydrogen-bond donors (Lipinski definition) is 1. The lowest BCUT2D eigenvalue weighted by Crippen LogP contribution is -2.09. The molecule has 0 unspecified atom stereocenters. The topological polar surface area (TPSA) is 32.9 Å². The van der Waals surface area contributed by atoms with Crippen molar-refractivity contribution in [3.05, 3.63) is 52.0 Å². The highest BCUT2D eigenvalue weighted by molar-refractivity contribution is 5.92. The summed E-state index contributed by atoms with van der Waals surface area (Å²) in [7, 11) is 0. The average molecular weight is 235 g/mol. The van der Waals surface area contributed by atoms with Crippen molar-refractivity contribution >= 4 is 16.8 Å². The molecule has 1 aromatic carbocycles. The Labute approximate surface area is 96.6 Å². The first-order chi connectivity index (χ1) is 8.08. The second kappa shape index (κ2) is 4.13. The van der Waals surface area contributed by atoms with Crippen LogP contribution in [-0.2, 0) is 6.42 Å². The van der Waals surface area contributed by atoms with E-state index in [9.17, 15) is 13.6 Å². The second-order valence-corrected chi connectivity index (χ2v) is 3.72. The summed E-state index contributed by atoms with van der Waals surface area (Å²) in [5.41, 5.74) is 0.352. The highest BCUT2D eigenvalue weighted by Crippen LogP contribution is 2.26. The van der Waals surface area contributed by atoms with E-state index in [0.29, 0.717) is 22.9 Å². The Morgan fingerprint density at radius 1 is 1.41 bits per heavy atom. The predicted molar refractivity (Wildman–Crippen MR) is 64.0 cm³/mol. The Balaban J connectivity index is 3.05. The Morgan fingerprint density at radius 2 is 2.12 bits per heavy atom. The van der Waals surface area contributed by atoms with Crippen molar-refractivity contribution in [3.63, 3.8) is 0 Å². The van der Waals surface area contributed by atoms with Crippen LogP contribution in [0.5, 0.6) is 0 Å². The molecule has 0 saturated carbocycles. The molecule has 0 bridgehead atoms. The third-order valence-electron chi connectivity index (χ3n) is 2.71. The number of aryl methyl sites for hydroxylation is 1. The summed E-state index contributed by atoms with van der Waals surface area (Å²) in [5.74, 6) is -1.91. The van der Waals surface area contributed by atoms with Crippen LogP contribution in [0.1, 0.15) is 18.2 Å². The lowest BCUT2D eigenvalue weighted by atomic mass is 10.0. The maximum Gasteiger partial charge on any atom is 0.248 e. The van der Waals surface area contributed by atoms with Gasteiger partial charge in [-0.05, 0) is 17.9 Å². The van der Waals surface area contributed by atoms with E-state index in [1.54, 1.807) is 0 Å². The van der Waals surface area contributed by atoms with Crippen LogP contribution in [-0.4, -0.2) is 4.98 Å². The Morgan fingerprint density at radius 3 is 2.71 bits per heavy atom. The summed E-state index contributed by atoms with van der Waals surface area (Å²) in [6, 6.07) is 2.29. The van der Waals surface area contributed by atoms with Crippen LogP contribution in [0.2, 0.25) is 0 Å². The van der Waals surface area contributed by atoms with E-state index in [1.807, 2.05) is 6.92 Å². The summed E-state index contributed by atoms with van der Waals surface area (Å²) in [4.78, 5) is 14.0. The van der Waals surface area contributed by atoms with Crippen molar-refractivity contribution in [2.24, 2.45) is 0 Å². The minimum absolute atomic E-state index is 0.0908. The summed E-state index contributed by atoms with van der Waals surface area (Å²) in [5, 5.41) is 0.903. The SMILES string of the molecule is C=Cc1c(F)c(F)cc2cc(=O)[nH]c(CC)c12. The molecule has 0 spiro atoms.